The van der Waals surface area contributed by atoms with Crippen LogP contribution in [-0.4, -0.2) is 70.2 Å². The number of carbonyl (C=O) groups is 1. The van der Waals surface area contributed by atoms with Gasteiger partial charge in [0.15, 0.2) is 5.75 Å². The van der Waals surface area contributed by atoms with Crippen LogP contribution in [0.25, 0.3) is 11.3 Å². The number of hydrogen-bond acceptors (Lipinski definition) is 8. The molecule has 4 heterocycles. The SMILES string of the molecule is CNC1[C@H]2CN(c3ncc(Oc4cc(CN5CCC(CC(=O)O)CC5)cc(-c5cc(Cl)cc(Cl)c5)n4)cn3)C[C@@H]12.Cl. The first kappa shape index (κ1) is 29.8. The average molecular weight is 620 g/mol. The molecule has 2 saturated heterocycles. The highest BCUT2D eigenvalue weighted by Crippen LogP contribution is 2.46. The zero-order chi connectivity index (χ0) is 27.8. The summed E-state index contributed by atoms with van der Waals surface area (Å²) in [6, 6.07) is 9.93. The van der Waals surface area contributed by atoms with Gasteiger partial charge in [0.25, 0.3) is 0 Å². The van der Waals surface area contributed by atoms with E-state index in [0.29, 0.717) is 51.8 Å². The van der Waals surface area contributed by atoms with Crippen LogP contribution in [0.1, 0.15) is 24.8 Å². The Hall–Kier alpha value is -2.69. The molecule has 1 unspecified atom stereocenters. The van der Waals surface area contributed by atoms with E-state index in [2.05, 4.69) is 25.1 Å². The van der Waals surface area contributed by atoms with Crippen LogP contribution in [0, 0.1) is 17.8 Å². The molecule has 1 aliphatic carbocycles. The van der Waals surface area contributed by atoms with Gasteiger partial charge in [-0.05, 0) is 80.6 Å². The molecular weight excluding hydrogens is 587 g/mol. The predicted octanol–water partition coefficient (Wildman–Crippen LogP) is 5.40. The second-order valence-corrected chi connectivity index (χ2v) is 11.9. The van der Waals surface area contributed by atoms with Crippen LogP contribution in [0.4, 0.5) is 5.95 Å². The fraction of sp³-hybridized carbons (Fsp3) is 0.448. The Labute approximate surface area is 255 Å². The van der Waals surface area contributed by atoms with Crippen molar-refractivity contribution in [1.82, 2.24) is 25.2 Å². The fourth-order valence-corrected chi connectivity index (χ4v) is 6.70. The van der Waals surface area contributed by atoms with E-state index in [1.54, 1.807) is 18.5 Å². The molecule has 9 nitrogen and oxygen atoms in total. The number of ether oxygens (including phenoxy) is 1. The van der Waals surface area contributed by atoms with Crippen molar-refractivity contribution in [2.24, 2.45) is 17.8 Å². The van der Waals surface area contributed by atoms with Gasteiger partial charge in [0, 0.05) is 53.8 Å². The van der Waals surface area contributed by atoms with E-state index in [4.69, 9.17) is 38.0 Å². The van der Waals surface area contributed by atoms with E-state index in [0.717, 1.165) is 56.1 Å². The first-order chi connectivity index (χ1) is 19.3. The van der Waals surface area contributed by atoms with Gasteiger partial charge in [-0.3, -0.25) is 9.69 Å². The Balaban J connectivity index is 0.00000337. The highest BCUT2D eigenvalue weighted by molar-refractivity contribution is 6.35. The second kappa shape index (κ2) is 12.7. The molecule has 3 atom stereocenters. The molecule has 1 aromatic carbocycles. The van der Waals surface area contributed by atoms with E-state index >= 15 is 0 Å². The topological polar surface area (TPSA) is 104 Å². The normalized spacial score (nSPS) is 22.2. The van der Waals surface area contributed by atoms with Crippen LogP contribution >= 0.6 is 35.6 Å². The van der Waals surface area contributed by atoms with Crippen LogP contribution in [-0.2, 0) is 11.3 Å². The summed E-state index contributed by atoms with van der Waals surface area (Å²) in [5.41, 5.74) is 2.52. The third kappa shape index (κ3) is 7.04. The van der Waals surface area contributed by atoms with Gasteiger partial charge in [0.05, 0.1) is 18.1 Å². The van der Waals surface area contributed by atoms with Crippen molar-refractivity contribution in [3.63, 3.8) is 0 Å². The summed E-state index contributed by atoms with van der Waals surface area (Å²) in [5.74, 6) is 2.52. The lowest BCUT2D eigenvalue weighted by Gasteiger charge is -2.31. The molecule has 3 fully saturated rings. The van der Waals surface area contributed by atoms with Crippen LogP contribution < -0.4 is 15.0 Å². The molecule has 3 aromatic rings. The number of carboxylic acid groups (broad SMARTS) is 1. The zero-order valence-corrected chi connectivity index (χ0v) is 25.0. The highest BCUT2D eigenvalue weighted by Gasteiger charge is 2.55. The zero-order valence-electron chi connectivity index (χ0n) is 22.7. The lowest BCUT2D eigenvalue weighted by Crippen LogP contribution is -2.33. The summed E-state index contributed by atoms with van der Waals surface area (Å²) in [4.78, 5) is 29.6. The molecule has 41 heavy (non-hydrogen) atoms. The van der Waals surface area contributed by atoms with Gasteiger partial charge in [-0.1, -0.05) is 23.2 Å². The van der Waals surface area contributed by atoms with Gasteiger partial charge in [0.2, 0.25) is 11.8 Å². The van der Waals surface area contributed by atoms with Crippen molar-refractivity contribution >= 4 is 47.5 Å². The maximum atomic E-state index is 11.1. The van der Waals surface area contributed by atoms with Crippen LogP contribution in [0.2, 0.25) is 10.0 Å². The Morgan fingerprint density at radius 1 is 1.05 bits per heavy atom. The number of pyridine rings is 1. The molecule has 0 bridgehead atoms. The van der Waals surface area contributed by atoms with E-state index in [1.165, 1.54) is 0 Å². The minimum atomic E-state index is -0.726. The number of halogens is 3. The summed E-state index contributed by atoms with van der Waals surface area (Å²) in [6.07, 6.45) is 5.36. The maximum Gasteiger partial charge on any atom is 0.303 e. The monoisotopic (exact) mass is 618 g/mol. The minimum absolute atomic E-state index is 0. The molecule has 1 saturated carbocycles. The van der Waals surface area contributed by atoms with Gasteiger partial charge in [0.1, 0.15) is 0 Å². The number of piperidine rings is 2. The molecule has 0 amide bonds. The minimum Gasteiger partial charge on any atom is -0.481 e. The third-order valence-electron chi connectivity index (χ3n) is 8.24. The van der Waals surface area contributed by atoms with Gasteiger partial charge in [-0.2, -0.15) is 0 Å². The van der Waals surface area contributed by atoms with Gasteiger partial charge in [-0.15, -0.1) is 12.4 Å². The maximum absolute atomic E-state index is 11.1. The second-order valence-electron chi connectivity index (χ2n) is 11.0. The molecular formula is C29H33Cl3N6O3. The van der Waals surface area contributed by atoms with Crippen molar-refractivity contribution < 1.29 is 14.6 Å². The third-order valence-corrected chi connectivity index (χ3v) is 8.68. The first-order valence-corrected chi connectivity index (χ1v) is 14.4. The van der Waals surface area contributed by atoms with Crippen molar-refractivity contribution in [3.8, 4) is 22.9 Å². The average Bonchev–Trinajstić information content (AvgIpc) is 3.39. The number of nitrogens with one attached hydrogen (secondary N) is 1. The summed E-state index contributed by atoms with van der Waals surface area (Å²) in [7, 11) is 2.02. The fourth-order valence-electron chi connectivity index (χ4n) is 6.17. The molecule has 12 heteroatoms. The number of aliphatic carboxylic acids is 1. The Kier molecular flexibility index (Phi) is 9.21. The molecule has 6 rings (SSSR count). The molecule has 218 valence electrons. The van der Waals surface area contributed by atoms with Crippen molar-refractivity contribution in [2.45, 2.75) is 31.8 Å². The first-order valence-electron chi connectivity index (χ1n) is 13.7. The van der Waals surface area contributed by atoms with Crippen molar-refractivity contribution in [1.29, 1.82) is 0 Å². The summed E-state index contributed by atoms with van der Waals surface area (Å²) in [5, 5.41) is 13.6. The molecule has 2 N–H and O–H groups in total. The molecule has 0 spiro atoms. The van der Waals surface area contributed by atoms with Gasteiger partial charge in [-0.25, -0.2) is 15.0 Å². The highest BCUT2D eigenvalue weighted by atomic mass is 35.5. The number of aromatic nitrogens is 3. The smallest absolute Gasteiger partial charge is 0.303 e. The Bertz CT molecular complexity index is 1350. The number of anilines is 1. The number of fused-ring (bicyclic) bond motifs is 1. The van der Waals surface area contributed by atoms with E-state index in [9.17, 15) is 4.79 Å². The molecule has 2 aromatic heterocycles. The molecule has 3 aliphatic rings. The number of likely N-dealkylation sites (tertiary alicyclic amines) is 1. The molecule has 0 radical (unpaired) electrons. The quantitative estimate of drug-likeness (QED) is 0.326. The summed E-state index contributed by atoms with van der Waals surface area (Å²) in [6.45, 7) is 4.33. The number of hydrogen-bond donors (Lipinski definition) is 2. The number of nitrogens with zero attached hydrogens (tertiary/aromatic N) is 5. The molecule has 2 aliphatic heterocycles. The Morgan fingerprint density at radius 3 is 2.32 bits per heavy atom. The van der Waals surface area contributed by atoms with Crippen LogP contribution in [0.3, 0.4) is 0 Å². The standard InChI is InChI=1S/C29H32Cl2N6O3.ClH/c1-32-28-23-15-37(16-24(23)28)29-33-12-22(13-34-29)40-26-7-18(14-36-4-2-17(3-5-36)8-27(38)39)6-25(35-26)19-9-20(30)11-21(31)10-19;/h6-7,9-13,17,23-24,28,32H,2-5,8,14-16H2,1H3,(H,38,39);1H/t23-,24+,28?;. The number of rotatable bonds is 9. The van der Waals surface area contributed by atoms with E-state index in [-0.39, 0.29) is 24.7 Å². The Morgan fingerprint density at radius 2 is 1.71 bits per heavy atom. The van der Waals surface area contributed by atoms with Crippen molar-refractivity contribution in [3.05, 3.63) is 58.3 Å². The van der Waals surface area contributed by atoms with Crippen molar-refractivity contribution in [2.75, 3.05) is 38.1 Å². The lowest BCUT2D eigenvalue weighted by molar-refractivity contribution is -0.138. The number of benzene rings is 1. The summed E-state index contributed by atoms with van der Waals surface area (Å²) < 4.78 is 6.16. The summed E-state index contributed by atoms with van der Waals surface area (Å²) >= 11 is 12.6. The van der Waals surface area contributed by atoms with Crippen LogP contribution in [0.15, 0.2) is 42.7 Å². The lowest BCUT2D eigenvalue weighted by atomic mass is 9.93. The van der Waals surface area contributed by atoms with E-state index < -0.39 is 5.97 Å². The van der Waals surface area contributed by atoms with Crippen LogP contribution in [0.5, 0.6) is 11.6 Å². The van der Waals surface area contributed by atoms with Gasteiger partial charge >= 0.3 is 5.97 Å². The largest absolute Gasteiger partial charge is 0.481 e. The predicted molar refractivity (Wildman–Crippen MR) is 161 cm³/mol. The van der Waals surface area contributed by atoms with Gasteiger partial charge < -0.3 is 20.1 Å². The number of carboxylic acids is 1. The van der Waals surface area contributed by atoms with E-state index in [1.807, 2.05) is 31.3 Å².